The van der Waals surface area contributed by atoms with Crippen LogP contribution in [0.5, 0.6) is 0 Å². The first-order chi connectivity index (χ1) is 11.4. The molecule has 0 spiro atoms. The smallest absolute Gasteiger partial charge is 0.306 e. The zero-order valence-electron chi connectivity index (χ0n) is 12.8. The number of thioether (sulfide) groups is 1. The number of piperidine rings is 1. The van der Waals surface area contributed by atoms with E-state index in [-0.39, 0.29) is 24.2 Å². The monoisotopic (exact) mass is 368 g/mol. The third-order valence-electron chi connectivity index (χ3n) is 4.32. The van der Waals surface area contributed by atoms with Crippen LogP contribution in [0, 0.1) is 5.92 Å². The first-order valence-corrected chi connectivity index (χ1v) is 8.97. The molecule has 2 amide bonds. The second-order valence-electron chi connectivity index (χ2n) is 5.93. The van der Waals surface area contributed by atoms with Gasteiger partial charge in [-0.1, -0.05) is 11.6 Å². The van der Waals surface area contributed by atoms with E-state index < -0.39 is 11.2 Å². The number of nitrogens with zero attached hydrogens (tertiary/aromatic N) is 1. The molecule has 1 unspecified atom stereocenters. The number of nitrogens with one attached hydrogen (secondary N) is 1. The lowest BCUT2D eigenvalue weighted by molar-refractivity contribution is -0.145. The highest BCUT2D eigenvalue weighted by Crippen LogP contribution is 2.38. The summed E-state index contributed by atoms with van der Waals surface area (Å²) in [7, 11) is 0. The van der Waals surface area contributed by atoms with Gasteiger partial charge in [-0.3, -0.25) is 14.4 Å². The minimum absolute atomic E-state index is 0.107. The lowest BCUT2D eigenvalue weighted by atomic mass is 9.97. The van der Waals surface area contributed by atoms with E-state index in [4.69, 9.17) is 16.7 Å². The molecule has 2 aliphatic rings. The fourth-order valence-corrected chi connectivity index (χ4v) is 4.17. The van der Waals surface area contributed by atoms with Crippen LogP contribution in [-0.2, 0) is 14.4 Å². The number of anilines is 1. The van der Waals surface area contributed by atoms with Crippen LogP contribution < -0.4 is 5.32 Å². The molecule has 1 saturated heterocycles. The Bertz CT molecular complexity index is 689. The number of hydrogen-bond donors (Lipinski definition) is 2. The Morgan fingerprint density at radius 2 is 2.04 bits per heavy atom. The molecular formula is C16H17ClN2O4S. The van der Waals surface area contributed by atoms with E-state index in [9.17, 15) is 14.4 Å². The predicted octanol–water partition coefficient (Wildman–Crippen LogP) is 2.47. The van der Waals surface area contributed by atoms with Crippen LogP contribution in [0.3, 0.4) is 0 Å². The Morgan fingerprint density at radius 3 is 2.71 bits per heavy atom. The number of carboxylic acids is 1. The molecular weight excluding hydrogens is 352 g/mol. The van der Waals surface area contributed by atoms with Gasteiger partial charge in [0, 0.05) is 29.4 Å². The van der Waals surface area contributed by atoms with Gasteiger partial charge in [0.2, 0.25) is 11.8 Å². The third kappa shape index (κ3) is 3.67. The van der Waals surface area contributed by atoms with Gasteiger partial charge in [-0.25, -0.2) is 0 Å². The molecule has 1 fully saturated rings. The molecule has 6 nitrogen and oxygen atoms in total. The lowest BCUT2D eigenvalue weighted by Crippen LogP contribution is -2.42. The minimum Gasteiger partial charge on any atom is -0.481 e. The zero-order chi connectivity index (χ0) is 17.3. The molecule has 0 radical (unpaired) electrons. The van der Waals surface area contributed by atoms with Gasteiger partial charge >= 0.3 is 5.97 Å². The van der Waals surface area contributed by atoms with Gasteiger partial charge in [0.1, 0.15) is 0 Å². The molecule has 128 valence electrons. The Morgan fingerprint density at radius 1 is 1.33 bits per heavy atom. The normalized spacial score (nSPS) is 21.1. The molecule has 0 bridgehead atoms. The van der Waals surface area contributed by atoms with Gasteiger partial charge < -0.3 is 15.3 Å². The summed E-state index contributed by atoms with van der Waals surface area (Å²) in [6.07, 6.45) is 1.04. The number of carbonyl (C=O) groups is 3. The average Bonchev–Trinajstić information content (AvgIpc) is 2.55. The van der Waals surface area contributed by atoms with E-state index in [1.165, 1.54) is 11.8 Å². The largest absolute Gasteiger partial charge is 0.481 e. The molecule has 1 aromatic rings. The molecule has 8 heteroatoms. The van der Waals surface area contributed by atoms with Crippen LogP contribution in [0.1, 0.15) is 19.3 Å². The molecule has 1 atom stereocenters. The summed E-state index contributed by atoms with van der Waals surface area (Å²) < 4.78 is 0. The zero-order valence-corrected chi connectivity index (χ0v) is 14.4. The van der Waals surface area contributed by atoms with Crippen molar-refractivity contribution in [2.75, 3.05) is 18.4 Å². The number of aliphatic carboxylic acids is 1. The van der Waals surface area contributed by atoms with Crippen LogP contribution in [-0.4, -0.2) is 46.1 Å². The number of hydrogen-bond acceptors (Lipinski definition) is 4. The predicted molar refractivity (Wildman–Crippen MR) is 91.3 cm³/mol. The van der Waals surface area contributed by atoms with E-state index in [1.54, 1.807) is 17.0 Å². The first kappa shape index (κ1) is 17.1. The second kappa shape index (κ2) is 7.03. The van der Waals surface area contributed by atoms with Crippen molar-refractivity contribution in [3.05, 3.63) is 23.2 Å². The van der Waals surface area contributed by atoms with E-state index in [1.807, 2.05) is 6.07 Å². The summed E-state index contributed by atoms with van der Waals surface area (Å²) in [6.45, 7) is 0.863. The maximum Gasteiger partial charge on any atom is 0.306 e. The maximum atomic E-state index is 12.4. The Kier molecular flexibility index (Phi) is 5.01. The van der Waals surface area contributed by atoms with E-state index >= 15 is 0 Å². The van der Waals surface area contributed by atoms with Crippen molar-refractivity contribution >= 4 is 46.8 Å². The molecule has 3 rings (SSSR count). The topological polar surface area (TPSA) is 86.7 Å². The van der Waals surface area contributed by atoms with Crippen molar-refractivity contribution in [1.82, 2.24) is 4.90 Å². The Balaban J connectivity index is 1.60. The Hall–Kier alpha value is -1.73. The SMILES string of the molecule is O=C(O)C1CCN(C(=O)CC2Sc3ccc(Cl)cc3NC2=O)CC1. The lowest BCUT2D eigenvalue weighted by Gasteiger charge is -2.32. The standard InChI is InChI=1S/C16H17ClN2O4S/c17-10-1-2-12-11(7-10)18-15(21)13(24-12)8-14(20)19-5-3-9(4-6-19)16(22)23/h1-2,7,9,13H,3-6,8H2,(H,18,21)(H,22,23). The van der Waals surface area contributed by atoms with Crippen molar-refractivity contribution in [3.63, 3.8) is 0 Å². The maximum absolute atomic E-state index is 12.4. The van der Waals surface area contributed by atoms with Crippen molar-refractivity contribution in [2.45, 2.75) is 29.4 Å². The van der Waals surface area contributed by atoms with Crippen LogP contribution >= 0.6 is 23.4 Å². The van der Waals surface area contributed by atoms with Crippen LogP contribution in [0.4, 0.5) is 5.69 Å². The number of halogens is 1. The molecule has 0 saturated carbocycles. The van der Waals surface area contributed by atoms with Gasteiger partial charge in [-0.15, -0.1) is 11.8 Å². The fourth-order valence-electron chi connectivity index (χ4n) is 2.92. The molecule has 0 aromatic heterocycles. The van der Waals surface area contributed by atoms with Gasteiger partial charge in [0.15, 0.2) is 0 Å². The van der Waals surface area contributed by atoms with Gasteiger partial charge in [0.25, 0.3) is 0 Å². The van der Waals surface area contributed by atoms with Gasteiger partial charge in [0.05, 0.1) is 16.9 Å². The molecule has 2 heterocycles. The summed E-state index contributed by atoms with van der Waals surface area (Å²) in [5.41, 5.74) is 0.670. The van der Waals surface area contributed by atoms with E-state index in [0.717, 1.165) is 4.90 Å². The van der Waals surface area contributed by atoms with E-state index in [0.29, 0.717) is 36.6 Å². The Labute approximate surface area is 148 Å². The summed E-state index contributed by atoms with van der Waals surface area (Å²) in [4.78, 5) is 38.1. The summed E-state index contributed by atoms with van der Waals surface area (Å²) in [5, 5.41) is 11.9. The quantitative estimate of drug-likeness (QED) is 0.855. The third-order valence-corrected chi connectivity index (χ3v) is 5.83. The highest BCUT2D eigenvalue weighted by Gasteiger charge is 2.32. The molecule has 1 aromatic carbocycles. The first-order valence-electron chi connectivity index (χ1n) is 7.71. The molecule has 2 N–H and O–H groups in total. The molecule has 2 aliphatic heterocycles. The number of fused-ring (bicyclic) bond motifs is 1. The highest BCUT2D eigenvalue weighted by molar-refractivity contribution is 8.01. The fraction of sp³-hybridized carbons (Fsp3) is 0.438. The van der Waals surface area contributed by atoms with Crippen molar-refractivity contribution < 1.29 is 19.5 Å². The number of carboxylic acid groups (broad SMARTS) is 1. The van der Waals surface area contributed by atoms with Crippen molar-refractivity contribution in [2.24, 2.45) is 5.92 Å². The van der Waals surface area contributed by atoms with Gasteiger partial charge in [-0.2, -0.15) is 0 Å². The minimum atomic E-state index is -0.806. The van der Waals surface area contributed by atoms with Crippen molar-refractivity contribution in [1.29, 1.82) is 0 Å². The second-order valence-corrected chi connectivity index (χ2v) is 7.61. The highest BCUT2D eigenvalue weighted by atomic mass is 35.5. The summed E-state index contributed by atoms with van der Waals surface area (Å²) in [6, 6.07) is 5.27. The number of likely N-dealkylation sites (tertiary alicyclic amines) is 1. The molecule has 0 aliphatic carbocycles. The number of rotatable bonds is 3. The van der Waals surface area contributed by atoms with Crippen LogP contribution in [0.15, 0.2) is 23.1 Å². The van der Waals surface area contributed by atoms with E-state index in [2.05, 4.69) is 5.32 Å². The number of amides is 2. The van der Waals surface area contributed by atoms with Crippen LogP contribution in [0.2, 0.25) is 5.02 Å². The van der Waals surface area contributed by atoms with Gasteiger partial charge in [-0.05, 0) is 31.0 Å². The summed E-state index contributed by atoms with van der Waals surface area (Å²) in [5.74, 6) is -1.50. The molecule has 24 heavy (non-hydrogen) atoms. The number of carbonyl (C=O) groups excluding carboxylic acids is 2. The average molecular weight is 369 g/mol. The summed E-state index contributed by atoms with van der Waals surface area (Å²) >= 11 is 7.28. The number of benzene rings is 1. The van der Waals surface area contributed by atoms with Crippen molar-refractivity contribution in [3.8, 4) is 0 Å². The van der Waals surface area contributed by atoms with Crippen LogP contribution in [0.25, 0.3) is 0 Å².